The molecule has 0 radical (unpaired) electrons. The van der Waals surface area contributed by atoms with E-state index in [1.165, 1.54) is 0 Å². The van der Waals surface area contributed by atoms with E-state index in [1.807, 2.05) is 24.3 Å². The third kappa shape index (κ3) is 3.48. The molecule has 0 bridgehead atoms. The van der Waals surface area contributed by atoms with Crippen LogP contribution in [0.4, 0.5) is 0 Å². The van der Waals surface area contributed by atoms with Crippen LogP contribution in [0.15, 0.2) is 46.0 Å². The van der Waals surface area contributed by atoms with E-state index in [9.17, 15) is 0 Å². The van der Waals surface area contributed by atoms with Crippen molar-refractivity contribution in [2.75, 3.05) is 20.8 Å². The van der Waals surface area contributed by atoms with Crippen molar-refractivity contribution in [2.45, 2.75) is 50.5 Å². The SMILES string of the molecule is COc1ccc(C2=NN3[C@@H](C2)c2cc(Br)ccc2O[C@@]32CCOC(C)(C)C2)cc1OC. The van der Waals surface area contributed by atoms with Gasteiger partial charge in [-0.25, -0.2) is 5.01 Å². The molecule has 0 N–H and O–H groups in total. The summed E-state index contributed by atoms with van der Waals surface area (Å²) in [6.45, 7) is 4.89. The number of nitrogens with zero attached hydrogens (tertiary/aromatic N) is 2. The first-order chi connectivity index (χ1) is 14.8. The number of hydrogen-bond donors (Lipinski definition) is 0. The minimum absolute atomic E-state index is 0.109. The number of rotatable bonds is 3. The van der Waals surface area contributed by atoms with Gasteiger partial charge in [0.25, 0.3) is 0 Å². The summed E-state index contributed by atoms with van der Waals surface area (Å²) in [6.07, 6.45) is 2.31. The lowest BCUT2D eigenvalue weighted by atomic mass is 9.86. The van der Waals surface area contributed by atoms with E-state index in [1.54, 1.807) is 14.2 Å². The number of ether oxygens (including phenoxy) is 4. The molecule has 3 aliphatic rings. The highest BCUT2D eigenvalue weighted by Gasteiger charge is 2.54. The quantitative estimate of drug-likeness (QED) is 0.589. The number of halogens is 1. The molecule has 3 heterocycles. The number of benzene rings is 2. The first-order valence-electron chi connectivity index (χ1n) is 10.6. The normalized spacial score (nSPS) is 26.0. The summed E-state index contributed by atoms with van der Waals surface area (Å²) in [4.78, 5) is 0. The van der Waals surface area contributed by atoms with Crippen molar-refractivity contribution in [3.63, 3.8) is 0 Å². The summed E-state index contributed by atoms with van der Waals surface area (Å²) in [5, 5.41) is 7.33. The lowest BCUT2D eigenvalue weighted by molar-refractivity contribution is -0.212. The van der Waals surface area contributed by atoms with Crippen molar-refractivity contribution in [3.8, 4) is 17.2 Å². The highest BCUT2D eigenvalue weighted by Crippen LogP contribution is 2.52. The highest BCUT2D eigenvalue weighted by molar-refractivity contribution is 9.10. The van der Waals surface area contributed by atoms with Gasteiger partial charge in [-0.05, 0) is 50.2 Å². The first kappa shape index (κ1) is 20.6. The molecule has 31 heavy (non-hydrogen) atoms. The minimum Gasteiger partial charge on any atom is -0.493 e. The van der Waals surface area contributed by atoms with E-state index in [0.717, 1.165) is 46.3 Å². The molecular formula is C24H27BrN2O4. The fourth-order valence-corrected chi connectivity index (χ4v) is 5.40. The van der Waals surface area contributed by atoms with E-state index < -0.39 is 5.72 Å². The molecule has 1 spiro atoms. The average Bonchev–Trinajstić information content (AvgIpc) is 3.20. The molecule has 1 saturated heterocycles. The van der Waals surface area contributed by atoms with Gasteiger partial charge in [-0.2, -0.15) is 5.10 Å². The minimum atomic E-state index is -0.522. The van der Waals surface area contributed by atoms with Crippen LogP contribution >= 0.6 is 15.9 Å². The van der Waals surface area contributed by atoms with Crippen molar-refractivity contribution in [1.29, 1.82) is 0 Å². The van der Waals surface area contributed by atoms with Crippen LogP contribution in [0.5, 0.6) is 17.2 Å². The van der Waals surface area contributed by atoms with Gasteiger partial charge >= 0.3 is 0 Å². The molecule has 3 aliphatic heterocycles. The molecule has 0 saturated carbocycles. The molecule has 6 nitrogen and oxygen atoms in total. The smallest absolute Gasteiger partial charge is 0.203 e. The Bertz CT molecular complexity index is 1050. The first-order valence-corrected chi connectivity index (χ1v) is 11.4. The summed E-state index contributed by atoms with van der Waals surface area (Å²) in [6, 6.07) is 12.3. The summed E-state index contributed by atoms with van der Waals surface area (Å²) in [5.74, 6) is 2.35. The van der Waals surface area contributed by atoms with Gasteiger partial charge in [-0.1, -0.05) is 15.9 Å². The van der Waals surface area contributed by atoms with Crippen LogP contribution < -0.4 is 14.2 Å². The van der Waals surface area contributed by atoms with Gasteiger partial charge in [0.15, 0.2) is 11.5 Å². The predicted molar refractivity (Wildman–Crippen MR) is 122 cm³/mol. The maximum atomic E-state index is 6.70. The van der Waals surface area contributed by atoms with Gasteiger partial charge in [0, 0.05) is 34.9 Å². The fourth-order valence-electron chi connectivity index (χ4n) is 5.02. The molecule has 2 aromatic carbocycles. The van der Waals surface area contributed by atoms with E-state index in [0.29, 0.717) is 18.1 Å². The monoisotopic (exact) mass is 486 g/mol. The summed E-state index contributed by atoms with van der Waals surface area (Å²) in [7, 11) is 3.30. The van der Waals surface area contributed by atoms with Gasteiger partial charge < -0.3 is 18.9 Å². The third-order valence-electron chi connectivity index (χ3n) is 6.36. The maximum Gasteiger partial charge on any atom is 0.203 e. The summed E-state index contributed by atoms with van der Waals surface area (Å²) in [5.41, 5.74) is 2.41. The Morgan fingerprint density at radius 2 is 1.90 bits per heavy atom. The van der Waals surface area contributed by atoms with Gasteiger partial charge in [0.1, 0.15) is 5.75 Å². The Balaban J connectivity index is 1.60. The molecular weight excluding hydrogens is 460 g/mol. The Morgan fingerprint density at radius 1 is 1.10 bits per heavy atom. The van der Waals surface area contributed by atoms with Crippen LogP contribution in [-0.2, 0) is 4.74 Å². The average molecular weight is 487 g/mol. The Hall–Kier alpha value is -2.25. The van der Waals surface area contributed by atoms with Crippen LogP contribution in [0, 0.1) is 0 Å². The Labute approximate surface area is 191 Å². The zero-order valence-corrected chi connectivity index (χ0v) is 19.9. The number of methoxy groups -OCH3 is 2. The maximum absolute atomic E-state index is 6.70. The lowest BCUT2D eigenvalue weighted by Gasteiger charge is -2.52. The zero-order valence-electron chi connectivity index (χ0n) is 18.3. The number of hydrazone groups is 1. The van der Waals surface area contributed by atoms with Gasteiger partial charge in [0.2, 0.25) is 5.72 Å². The molecule has 2 aromatic rings. The lowest BCUT2D eigenvalue weighted by Crippen LogP contribution is -2.60. The van der Waals surface area contributed by atoms with Gasteiger partial charge in [0.05, 0.1) is 38.2 Å². The van der Waals surface area contributed by atoms with Crippen LogP contribution in [0.25, 0.3) is 0 Å². The summed E-state index contributed by atoms with van der Waals surface area (Å²) < 4.78 is 24.7. The molecule has 1 fully saturated rings. The Kier molecular flexibility index (Phi) is 4.94. The van der Waals surface area contributed by atoms with Crippen molar-refractivity contribution in [1.82, 2.24) is 5.01 Å². The van der Waals surface area contributed by atoms with E-state index in [4.69, 9.17) is 24.0 Å². The zero-order chi connectivity index (χ0) is 21.8. The molecule has 0 amide bonds. The van der Waals surface area contributed by atoms with Crippen LogP contribution in [0.2, 0.25) is 0 Å². The number of hydrogen-bond acceptors (Lipinski definition) is 6. The topological polar surface area (TPSA) is 52.5 Å². The second-order valence-electron chi connectivity index (χ2n) is 8.95. The van der Waals surface area contributed by atoms with Crippen molar-refractivity contribution in [3.05, 3.63) is 52.0 Å². The molecule has 0 unspecified atom stereocenters. The van der Waals surface area contributed by atoms with Gasteiger partial charge in [-0.15, -0.1) is 0 Å². The Morgan fingerprint density at radius 3 is 2.65 bits per heavy atom. The van der Waals surface area contributed by atoms with Gasteiger partial charge in [-0.3, -0.25) is 0 Å². The molecule has 0 aliphatic carbocycles. The third-order valence-corrected chi connectivity index (χ3v) is 6.86. The van der Waals surface area contributed by atoms with E-state index in [-0.39, 0.29) is 11.6 Å². The van der Waals surface area contributed by atoms with Crippen molar-refractivity contribution < 1.29 is 18.9 Å². The van der Waals surface area contributed by atoms with Crippen LogP contribution in [-0.4, -0.2) is 42.9 Å². The van der Waals surface area contributed by atoms with Crippen LogP contribution in [0.1, 0.15) is 50.3 Å². The fraction of sp³-hybridized carbons (Fsp3) is 0.458. The molecule has 164 valence electrons. The van der Waals surface area contributed by atoms with E-state index >= 15 is 0 Å². The second-order valence-corrected chi connectivity index (χ2v) is 9.86. The van der Waals surface area contributed by atoms with Crippen LogP contribution in [0.3, 0.4) is 0 Å². The summed E-state index contributed by atoms with van der Waals surface area (Å²) >= 11 is 3.63. The number of fused-ring (bicyclic) bond motifs is 4. The second kappa shape index (κ2) is 7.41. The molecule has 7 heteroatoms. The molecule has 0 aromatic heterocycles. The largest absolute Gasteiger partial charge is 0.493 e. The standard InChI is InChI=1S/C24H27BrN2O4/c1-23(2)14-24(9-10-30-23)27-19(17-12-16(25)6-8-20(17)31-24)13-18(26-27)15-5-7-21(28-3)22(11-15)29-4/h5-8,11-12,19H,9-10,13-14H2,1-4H3/t19-,24+/m0/s1. The van der Waals surface area contributed by atoms with E-state index in [2.05, 4.69) is 46.9 Å². The molecule has 2 atom stereocenters. The van der Waals surface area contributed by atoms with Crippen molar-refractivity contribution in [2.24, 2.45) is 5.10 Å². The predicted octanol–water partition coefficient (Wildman–Crippen LogP) is 5.30. The molecule has 5 rings (SSSR count). The highest BCUT2D eigenvalue weighted by atomic mass is 79.9. The van der Waals surface area contributed by atoms with Crippen molar-refractivity contribution >= 4 is 21.6 Å².